The number of hydrogen-bond acceptors (Lipinski definition) is 4. The number of aldehydes is 1. The summed E-state index contributed by atoms with van der Waals surface area (Å²) in [5.74, 6) is 1.75. The molecule has 0 radical (unpaired) electrons. The van der Waals surface area contributed by atoms with E-state index < -0.39 is 0 Å². The Hall–Kier alpha value is -0.940. The standard InChI is InChI=1S/C20H32O4.H2O/c21-13-14-1-11-19(12-2-14)24-20(23)17-5-3-15(4-6-17)16-7-9-18(22)10-8-16;/h13-19,22H,1-12H2;1H2. The van der Waals surface area contributed by atoms with Gasteiger partial charge in [-0.3, -0.25) is 4.79 Å². The van der Waals surface area contributed by atoms with Gasteiger partial charge >= 0.3 is 5.97 Å². The summed E-state index contributed by atoms with van der Waals surface area (Å²) in [6, 6.07) is 0. The molecule has 0 saturated heterocycles. The SMILES string of the molecule is O.O=CC1CCC(OC(=O)C2CCC(C3CCC(O)CC3)CC2)CC1. The third kappa shape index (κ3) is 5.52. The van der Waals surface area contributed by atoms with E-state index in [0.29, 0.717) is 0 Å². The van der Waals surface area contributed by atoms with Gasteiger partial charge in [0, 0.05) is 5.92 Å². The maximum atomic E-state index is 12.4. The summed E-state index contributed by atoms with van der Waals surface area (Å²) in [7, 11) is 0. The minimum absolute atomic E-state index is 0. The zero-order valence-corrected chi connectivity index (χ0v) is 15.2. The number of aliphatic hydroxyl groups excluding tert-OH is 1. The Balaban J connectivity index is 0.00000225. The predicted molar refractivity (Wildman–Crippen MR) is 94.9 cm³/mol. The first-order valence-electron chi connectivity index (χ1n) is 9.99. The van der Waals surface area contributed by atoms with Crippen molar-refractivity contribution < 1.29 is 24.9 Å². The number of ether oxygens (including phenoxy) is 1. The van der Waals surface area contributed by atoms with Crippen LogP contribution in [0.15, 0.2) is 0 Å². The summed E-state index contributed by atoms with van der Waals surface area (Å²) in [5.41, 5.74) is 0. The summed E-state index contributed by atoms with van der Waals surface area (Å²) in [6.07, 6.45) is 12.8. The van der Waals surface area contributed by atoms with Gasteiger partial charge in [-0.2, -0.15) is 0 Å². The van der Waals surface area contributed by atoms with Gasteiger partial charge in [0.1, 0.15) is 12.4 Å². The highest BCUT2D eigenvalue weighted by Crippen LogP contribution is 2.40. The second-order valence-electron chi connectivity index (χ2n) is 8.29. The predicted octanol–water partition coefficient (Wildman–Crippen LogP) is 2.82. The van der Waals surface area contributed by atoms with Crippen molar-refractivity contribution in [1.82, 2.24) is 0 Å². The van der Waals surface area contributed by atoms with Crippen molar-refractivity contribution in [3.63, 3.8) is 0 Å². The second kappa shape index (κ2) is 9.67. The number of carbonyl (C=O) groups is 2. The Morgan fingerprint density at radius 3 is 1.84 bits per heavy atom. The van der Waals surface area contributed by atoms with Crippen LogP contribution < -0.4 is 0 Å². The van der Waals surface area contributed by atoms with Gasteiger partial charge in [0.05, 0.1) is 12.0 Å². The van der Waals surface area contributed by atoms with Crippen molar-refractivity contribution in [3.05, 3.63) is 0 Å². The monoisotopic (exact) mass is 354 g/mol. The van der Waals surface area contributed by atoms with Crippen LogP contribution in [0.5, 0.6) is 0 Å². The molecule has 25 heavy (non-hydrogen) atoms. The highest BCUT2D eigenvalue weighted by atomic mass is 16.5. The molecule has 0 aliphatic heterocycles. The van der Waals surface area contributed by atoms with Gasteiger partial charge in [-0.15, -0.1) is 0 Å². The molecule has 5 heteroatoms. The van der Waals surface area contributed by atoms with Crippen molar-refractivity contribution in [2.75, 3.05) is 0 Å². The van der Waals surface area contributed by atoms with E-state index in [1.165, 1.54) is 0 Å². The van der Waals surface area contributed by atoms with Gasteiger partial charge < -0.3 is 20.1 Å². The fourth-order valence-corrected chi connectivity index (χ4v) is 5.00. The van der Waals surface area contributed by atoms with Gasteiger partial charge in [-0.1, -0.05) is 0 Å². The molecule has 0 aromatic heterocycles. The normalized spacial score (nSPS) is 39.1. The van der Waals surface area contributed by atoms with Crippen LogP contribution in [0.3, 0.4) is 0 Å². The van der Waals surface area contributed by atoms with Crippen LogP contribution in [0.4, 0.5) is 0 Å². The van der Waals surface area contributed by atoms with Crippen LogP contribution in [0.2, 0.25) is 0 Å². The van der Waals surface area contributed by atoms with E-state index in [-0.39, 0.29) is 35.5 Å². The van der Waals surface area contributed by atoms with E-state index >= 15 is 0 Å². The Bertz CT molecular complexity index is 414. The van der Waals surface area contributed by atoms with Gasteiger partial charge in [-0.25, -0.2) is 0 Å². The minimum atomic E-state index is -0.0816. The van der Waals surface area contributed by atoms with Crippen LogP contribution in [-0.4, -0.2) is 35.0 Å². The molecule has 0 amide bonds. The number of carbonyl (C=O) groups excluding carboxylic acids is 2. The molecule has 3 saturated carbocycles. The fourth-order valence-electron chi connectivity index (χ4n) is 5.00. The smallest absolute Gasteiger partial charge is 0.309 e. The molecule has 3 rings (SSSR count). The van der Waals surface area contributed by atoms with Crippen LogP contribution in [0.25, 0.3) is 0 Å². The van der Waals surface area contributed by atoms with Crippen LogP contribution >= 0.6 is 0 Å². The number of rotatable bonds is 4. The first-order valence-corrected chi connectivity index (χ1v) is 9.99. The molecule has 0 spiro atoms. The maximum absolute atomic E-state index is 12.4. The summed E-state index contributed by atoms with van der Waals surface area (Å²) in [6.45, 7) is 0. The number of hydrogen-bond donors (Lipinski definition) is 1. The molecule has 3 fully saturated rings. The second-order valence-corrected chi connectivity index (χ2v) is 8.29. The van der Waals surface area contributed by atoms with E-state index in [0.717, 1.165) is 95.2 Å². The molecule has 0 heterocycles. The summed E-state index contributed by atoms with van der Waals surface area (Å²) < 4.78 is 5.73. The zero-order valence-electron chi connectivity index (χ0n) is 15.2. The van der Waals surface area contributed by atoms with Crippen molar-refractivity contribution in [2.24, 2.45) is 23.7 Å². The molecule has 0 aromatic carbocycles. The Morgan fingerprint density at radius 2 is 1.32 bits per heavy atom. The van der Waals surface area contributed by atoms with E-state index in [1.54, 1.807) is 0 Å². The largest absolute Gasteiger partial charge is 0.462 e. The molecule has 0 unspecified atom stereocenters. The molecule has 0 aromatic rings. The summed E-state index contributed by atoms with van der Waals surface area (Å²) in [4.78, 5) is 23.2. The Kier molecular flexibility index (Phi) is 7.88. The highest BCUT2D eigenvalue weighted by Gasteiger charge is 2.34. The van der Waals surface area contributed by atoms with Gasteiger partial charge in [-0.05, 0) is 88.9 Å². The summed E-state index contributed by atoms with van der Waals surface area (Å²) >= 11 is 0. The molecule has 144 valence electrons. The lowest BCUT2D eigenvalue weighted by molar-refractivity contribution is -0.157. The average Bonchev–Trinajstić information content (AvgIpc) is 2.63. The molecule has 3 aliphatic carbocycles. The molecule has 3 aliphatic rings. The van der Waals surface area contributed by atoms with Crippen molar-refractivity contribution in [3.8, 4) is 0 Å². The molecular weight excluding hydrogens is 320 g/mol. The first-order chi connectivity index (χ1) is 11.7. The fraction of sp³-hybridized carbons (Fsp3) is 0.900. The van der Waals surface area contributed by atoms with E-state index in [1.807, 2.05) is 0 Å². The summed E-state index contributed by atoms with van der Waals surface area (Å²) in [5, 5.41) is 9.65. The van der Waals surface area contributed by atoms with Crippen LogP contribution in [0, 0.1) is 23.7 Å². The molecule has 5 nitrogen and oxygen atoms in total. The minimum Gasteiger partial charge on any atom is -0.462 e. The van der Waals surface area contributed by atoms with Crippen LogP contribution in [0.1, 0.15) is 77.0 Å². The van der Waals surface area contributed by atoms with Crippen LogP contribution in [-0.2, 0) is 14.3 Å². The lowest BCUT2D eigenvalue weighted by atomic mass is 9.70. The van der Waals surface area contributed by atoms with Gasteiger partial charge in [0.2, 0.25) is 0 Å². The van der Waals surface area contributed by atoms with Gasteiger partial charge in [0.25, 0.3) is 0 Å². The molecule has 3 N–H and O–H groups in total. The van der Waals surface area contributed by atoms with E-state index in [2.05, 4.69) is 0 Å². The van der Waals surface area contributed by atoms with Crippen molar-refractivity contribution >= 4 is 12.3 Å². The van der Waals surface area contributed by atoms with Crippen molar-refractivity contribution in [2.45, 2.75) is 89.3 Å². The topological polar surface area (TPSA) is 95.1 Å². The Labute approximate surface area is 150 Å². The molecular formula is C20H34O5. The number of aliphatic hydroxyl groups is 1. The first kappa shape index (κ1) is 20.4. The van der Waals surface area contributed by atoms with E-state index in [4.69, 9.17) is 4.74 Å². The number of esters is 1. The molecule has 0 bridgehead atoms. The highest BCUT2D eigenvalue weighted by molar-refractivity contribution is 5.72. The molecule has 0 atom stereocenters. The quantitative estimate of drug-likeness (QED) is 0.620. The van der Waals surface area contributed by atoms with Crippen molar-refractivity contribution in [1.29, 1.82) is 0 Å². The Morgan fingerprint density at radius 1 is 0.800 bits per heavy atom. The third-order valence-electron chi connectivity index (χ3n) is 6.71. The third-order valence-corrected chi connectivity index (χ3v) is 6.71. The van der Waals surface area contributed by atoms with Gasteiger partial charge in [0.15, 0.2) is 0 Å². The zero-order chi connectivity index (χ0) is 16.9. The average molecular weight is 354 g/mol. The lowest BCUT2D eigenvalue weighted by Crippen LogP contribution is -2.32. The maximum Gasteiger partial charge on any atom is 0.309 e. The lowest BCUT2D eigenvalue weighted by Gasteiger charge is -2.36. The van der Waals surface area contributed by atoms with E-state index in [9.17, 15) is 14.7 Å².